The normalized spacial score (nSPS) is 15.8. The molecule has 1 aliphatic carbocycles. The first-order valence-corrected chi connectivity index (χ1v) is 6.42. The van der Waals surface area contributed by atoms with E-state index in [1.54, 1.807) is 12.1 Å². The first kappa shape index (κ1) is 13.4. The van der Waals surface area contributed by atoms with Gasteiger partial charge < -0.3 is 14.5 Å². The minimum absolute atomic E-state index is 0.238. The minimum Gasteiger partial charge on any atom is -0.465 e. The highest BCUT2D eigenvalue weighted by Crippen LogP contribution is 2.17. The number of esters is 1. The van der Waals surface area contributed by atoms with E-state index in [1.807, 2.05) is 0 Å². The Kier molecular flexibility index (Phi) is 4.78. The van der Waals surface area contributed by atoms with Crippen LogP contribution in [0.4, 0.5) is 0 Å². The van der Waals surface area contributed by atoms with Gasteiger partial charge in [-0.25, -0.2) is 4.79 Å². The average molecular weight is 263 g/mol. The van der Waals surface area contributed by atoms with Gasteiger partial charge in [-0.15, -0.1) is 0 Å². The summed E-state index contributed by atoms with van der Waals surface area (Å²) in [5, 5.41) is 2.85. The smallest absolute Gasteiger partial charge is 0.331 e. The lowest BCUT2D eigenvalue weighted by Crippen LogP contribution is -2.35. The fourth-order valence-corrected chi connectivity index (χ4v) is 2.06. The van der Waals surface area contributed by atoms with E-state index in [4.69, 9.17) is 9.15 Å². The Labute approximate surface area is 111 Å². The maximum absolute atomic E-state index is 11.5. The van der Waals surface area contributed by atoms with Crippen LogP contribution >= 0.6 is 0 Å². The highest BCUT2D eigenvalue weighted by atomic mass is 16.5. The van der Waals surface area contributed by atoms with Crippen molar-refractivity contribution in [1.82, 2.24) is 5.32 Å². The second-order valence-corrected chi connectivity index (χ2v) is 4.51. The number of nitrogens with one attached hydrogen (secondary N) is 1. The number of ether oxygens (including phenoxy) is 1. The van der Waals surface area contributed by atoms with E-state index >= 15 is 0 Å². The molecule has 1 fully saturated rings. The van der Waals surface area contributed by atoms with Gasteiger partial charge in [-0.3, -0.25) is 4.79 Å². The van der Waals surface area contributed by atoms with E-state index in [9.17, 15) is 9.59 Å². The zero-order valence-corrected chi connectivity index (χ0v) is 10.6. The highest BCUT2D eigenvalue weighted by molar-refractivity contribution is 5.88. The third-order valence-electron chi connectivity index (χ3n) is 2.99. The summed E-state index contributed by atoms with van der Waals surface area (Å²) in [7, 11) is 0. The van der Waals surface area contributed by atoms with Gasteiger partial charge in [0.15, 0.2) is 6.61 Å². The van der Waals surface area contributed by atoms with Crippen LogP contribution in [0, 0.1) is 0 Å². The van der Waals surface area contributed by atoms with Gasteiger partial charge in [0.2, 0.25) is 0 Å². The van der Waals surface area contributed by atoms with Crippen LogP contribution in [0.2, 0.25) is 0 Å². The van der Waals surface area contributed by atoms with Gasteiger partial charge in [-0.05, 0) is 31.1 Å². The summed E-state index contributed by atoms with van der Waals surface area (Å²) in [6, 6.07) is 3.68. The molecular formula is C14H17NO4. The van der Waals surface area contributed by atoms with Crippen LogP contribution in [-0.2, 0) is 14.3 Å². The van der Waals surface area contributed by atoms with Crippen LogP contribution in [0.25, 0.3) is 6.08 Å². The Bertz CT molecular complexity index is 444. The van der Waals surface area contributed by atoms with E-state index in [1.165, 1.54) is 18.4 Å². The molecule has 0 unspecified atom stereocenters. The zero-order chi connectivity index (χ0) is 13.5. The largest absolute Gasteiger partial charge is 0.465 e. The molecule has 0 saturated heterocycles. The number of furan rings is 1. The molecule has 1 heterocycles. The lowest BCUT2D eigenvalue weighted by Gasteiger charge is -2.11. The summed E-state index contributed by atoms with van der Waals surface area (Å²) < 4.78 is 9.86. The van der Waals surface area contributed by atoms with Crippen molar-refractivity contribution in [2.24, 2.45) is 0 Å². The van der Waals surface area contributed by atoms with Crippen LogP contribution in [0.3, 0.4) is 0 Å². The molecule has 1 aromatic rings. The van der Waals surface area contributed by atoms with Gasteiger partial charge in [-0.2, -0.15) is 0 Å². The monoisotopic (exact) mass is 263 g/mol. The van der Waals surface area contributed by atoms with Gasteiger partial charge in [0.05, 0.1) is 6.26 Å². The van der Waals surface area contributed by atoms with Crippen molar-refractivity contribution >= 4 is 18.0 Å². The van der Waals surface area contributed by atoms with E-state index in [-0.39, 0.29) is 18.6 Å². The average Bonchev–Trinajstić information content (AvgIpc) is 3.06. The second-order valence-electron chi connectivity index (χ2n) is 4.51. The second kappa shape index (κ2) is 6.78. The molecule has 1 aliphatic rings. The van der Waals surface area contributed by atoms with Crippen LogP contribution < -0.4 is 5.32 Å². The van der Waals surface area contributed by atoms with Crippen LogP contribution in [0.5, 0.6) is 0 Å². The molecule has 1 saturated carbocycles. The Morgan fingerprint density at radius 2 is 2.21 bits per heavy atom. The number of rotatable bonds is 5. The minimum atomic E-state index is -0.557. The van der Waals surface area contributed by atoms with Crippen LogP contribution in [0.1, 0.15) is 31.4 Å². The number of amides is 1. The van der Waals surface area contributed by atoms with Crippen LogP contribution in [-0.4, -0.2) is 24.5 Å². The van der Waals surface area contributed by atoms with Crippen molar-refractivity contribution in [3.05, 3.63) is 30.2 Å². The van der Waals surface area contributed by atoms with Gasteiger partial charge in [0.1, 0.15) is 5.76 Å². The van der Waals surface area contributed by atoms with E-state index in [2.05, 4.69) is 5.32 Å². The van der Waals surface area contributed by atoms with Crippen molar-refractivity contribution in [2.45, 2.75) is 31.7 Å². The SMILES string of the molecule is O=C(COC(=O)C=Cc1ccco1)NC1CCCC1. The molecule has 0 bridgehead atoms. The van der Waals surface area contributed by atoms with Gasteiger partial charge in [0, 0.05) is 12.1 Å². The van der Waals surface area contributed by atoms with Gasteiger partial charge in [-0.1, -0.05) is 12.8 Å². The van der Waals surface area contributed by atoms with Gasteiger partial charge >= 0.3 is 5.97 Å². The number of carbonyl (C=O) groups excluding carboxylic acids is 2. The fourth-order valence-electron chi connectivity index (χ4n) is 2.06. The quantitative estimate of drug-likeness (QED) is 0.650. The number of carbonyl (C=O) groups is 2. The standard InChI is InChI=1S/C14H17NO4/c16-13(15-11-4-1-2-5-11)10-19-14(17)8-7-12-6-3-9-18-12/h3,6-9,11H,1-2,4-5,10H2,(H,15,16). The number of hydrogen-bond donors (Lipinski definition) is 1. The fraction of sp³-hybridized carbons (Fsp3) is 0.429. The topological polar surface area (TPSA) is 68.5 Å². The first-order valence-electron chi connectivity index (χ1n) is 6.42. The predicted octanol–water partition coefficient (Wildman–Crippen LogP) is 1.89. The summed E-state index contributed by atoms with van der Waals surface area (Å²) >= 11 is 0. The van der Waals surface area contributed by atoms with E-state index in [0.717, 1.165) is 25.7 Å². The highest BCUT2D eigenvalue weighted by Gasteiger charge is 2.17. The molecule has 0 aromatic carbocycles. The zero-order valence-electron chi connectivity index (χ0n) is 10.6. The van der Waals surface area contributed by atoms with E-state index in [0.29, 0.717) is 5.76 Å². The molecule has 1 aromatic heterocycles. The summed E-state index contributed by atoms with van der Waals surface area (Å²) in [5.41, 5.74) is 0. The molecule has 0 atom stereocenters. The Hall–Kier alpha value is -2.04. The summed E-state index contributed by atoms with van der Waals surface area (Å²) in [6.07, 6.45) is 8.57. The summed E-state index contributed by atoms with van der Waals surface area (Å²) in [5.74, 6) is -0.239. The van der Waals surface area contributed by atoms with Crippen molar-refractivity contribution < 1.29 is 18.7 Å². The molecule has 1 N–H and O–H groups in total. The van der Waals surface area contributed by atoms with Crippen LogP contribution in [0.15, 0.2) is 28.9 Å². The van der Waals surface area contributed by atoms with Gasteiger partial charge in [0.25, 0.3) is 5.91 Å². The van der Waals surface area contributed by atoms with Crippen molar-refractivity contribution in [3.63, 3.8) is 0 Å². The van der Waals surface area contributed by atoms with E-state index < -0.39 is 5.97 Å². The lowest BCUT2D eigenvalue weighted by molar-refractivity contribution is -0.144. The molecular weight excluding hydrogens is 246 g/mol. The number of hydrogen-bond acceptors (Lipinski definition) is 4. The molecule has 2 rings (SSSR count). The third kappa shape index (κ3) is 4.62. The molecule has 5 nitrogen and oxygen atoms in total. The van der Waals surface area contributed by atoms with Crippen molar-refractivity contribution in [1.29, 1.82) is 0 Å². The first-order chi connectivity index (χ1) is 9.24. The molecule has 102 valence electrons. The molecule has 0 radical (unpaired) electrons. The molecule has 0 aliphatic heterocycles. The molecule has 5 heteroatoms. The molecule has 0 spiro atoms. The Balaban J connectivity index is 1.66. The third-order valence-corrected chi connectivity index (χ3v) is 2.99. The Morgan fingerprint density at radius 3 is 2.89 bits per heavy atom. The molecule has 1 amide bonds. The maximum atomic E-state index is 11.5. The summed E-state index contributed by atoms with van der Waals surface area (Å²) in [6.45, 7) is -0.238. The predicted molar refractivity (Wildman–Crippen MR) is 69.1 cm³/mol. The molecule has 19 heavy (non-hydrogen) atoms. The lowest BCUT2D eigenvalue weighted by atomic mass is 10.2. The Morgan fingerprint density at radius 1 is 1.42 bits per heavy atom. The maximum Gasteiger partial charge on any atom is 0.331 e. The van der Waals surface area contributed by atoms with Crippen molar-refractivity contribution in [2.75, 3.05) is 6.61 Å². The summed E-state index contributed by atoms with van der Waals surface area (Å²) in [4.78, 5) is 22.9. The van der Waals surface area contributed by atoms with Crippen molar-refractivity contribution in [3.8, 4) is 0 Å².